The summed E-state index contributed by atoms with van der Waals surface area (Å²) in [6.07, 6.45) is 6.89. The van der Waals surface area contributed by atoms with Crippen LogP contribution in [-0.4, -0.2) is 11.0 Å². The highest BCUT2D eigenvalue weighted by Gasteiger charge is 2.14. The summed E-state index contributed by atoms with van der Waals surface area (Å²) in [5, 5.41) is 4.09. The molecule has 0 spiro atoms. The molecule has 0 bridgehead atoms. The van der Waals surface area contributed by atoms with Crippen molar-refractivity contribution in [3.05, 3.63) is 23.4 Å². The fourth-order valence-corrected chi connectivity index (χ4v) is 1.85. The minimum Gasteiger partial charge on any atom is -0.367 e. The van der Waals surface area contributed by atoms with Gasteiger partial charge in [0, 0.05) is 12.2 Å². The molecule has 1 fully saturated rings. The van der Waals surface area contributed by atoms with Gasteiger partial charge in [-0.1, -0.05) is 24.4 Å². The number of nitrogens with one attached hydrogen (secondary N) is 1. The summed E-state index contributed by atoms with van der Waals surface area (Å²) in [7, 11) is 0. The predicted molar refractivity (Wildman–Crippen MR) is 55.1 cm³/mol. The molecular weight excluding hydrogens is 184 g/mol. The quantitative estimate of drug-likeness (QED) is 0.787. The van der Waals surface area contributed by atoms with Gasteiger partial charge in [-0.25, -0.2) is 4.98 Å². The molecule has 0 saturated heterocycles. The van der Waals surface area contributed by atoms with Crippen molar-refractivity contribution in [3.63, 3.8) is 0 Å². The van der Waals surface area contributed by atoms with Crippen LogP contribution in [-0.2, 0) is 0 Å². The molecule has 1 aromatic rings. The maximum Gasteiger partial charge on any atom is 0.126 e. The average molecular weight is 197 g/mol. The molecule has 2 rings (SSSR count). The van der Waals surface area contributed by atoms with Gasteiger partial charge >= 0.3 is 0 Å². The van der Waals surface area contributed by atoms with E-state index < -0.39 is 0 Å². The van der Waals surface area contributed by atoms with E-state index in [1.165, 1.54) is 25.7 Å². The number of aromatic nitrogens is 1. The van der Waals surface area contributed by atoms with Crippen LogP contribution in [0.3, 0.4) is 0 Å². The van der Waals surface area contributed by atoms with E-state index >= 15 is 0 Å². The molecule has 0 amide bonds. The molecule has 1 aliphatic carbocycles. The zero-order valence-corrected chi connectivity index (χ0v) is 8.22. The van der Waals surface area contributed by atoms with E-state index in [0.717, 1.165) is 5.82 Å². The van der Waals surface area contributed by atoms with Crippen LogP contribution >= 0.6 is 11.6 Å². The van der Waals surface area contributed by atoms with E-state index in [1.54, 1.807) is 6.20 Å². The lowest BCUT2D eigenvalue weighted by Crippen LogP contribution is -2.15. The van der Waals surface area contributed by atoms with Crippen LogP contribution in [0.25, 0.3) is 0 Å². The Bertz CT molecular complexity index is 265. The second-order valence-electron chi connectivity index (χ2n) is 3.49. The first-order valence-corrected chi connectivity index (χ1v) is 5.10. The van der Waals surface area contributed by atoms with Crippen LogP contribution in [0, 0.1) is 0 Å². The zero-order valence-electron chi connectivity index (χ0n) is 7.46. The Kier molecular flexibility index (Phi) is 2.69. The highest BCUT2D eigenvalue weighted by Crippen LogP contribution is 2.21. The molecule has 0 aromatic carbocycles. The molecule has 3 heteroatoms. The molecule has 70 valence electrons. The second kappa shape index (κ2) is 3.97. The third-order valence-corrected chi connectivity index (χ3v) is 2.66. The molecule has 1 aromatic heterocycles. The highest BCUT2D eigenvalue weighted by molar-refractivity contribution is 6.30. The van der Waals surface area contributed by atoms with Crippen molar-refractivity contribution < 1.29 is 0 Å². The fraction of sp³-hybridized carbons (Fsp3) is 0.500. The van der Waals surface area contributed by atoms with Gasteiger partial charge in [0.25, 0.3) is 0 Å². The number of halogens is 1. The number of rotatable bonds is 2. The summed E-state index contributed by atoms with van der Waals surface area (Å²) >= 11 is 5.74. The first-order valence-electron chi connectivity index (χ1n) is 4.73. The minimum absolute atomic E-state index is 0.619. The Hall–Kier alpha value is -0.760. The van der Waals surface area contributed by atoms with Crippen molar-refractivity contribution >= 4 is 17.4 Å². The fourth-order valence-electron chi connectivity index (χ4n) is 1.74. The van der Waals surface area contributed by atoms with E-state index in [1.807, 2.05) is 12.1 Å². The molecule has 1 saturated carbocycles. The zero-order chi connectivity index (χ0) is 9.10. The Labute approximate surface area is 83.3 Å². The molecule has 0 unspecified atom stereocenters. The molecule has 1 aliphatic rings. The summed E-state index contributed by atoms with van der Waals surface area (Å²) in [6, 6.07) is 4.42. The van der Waals surface area contributed by atoms with Gasteiger partial charge in [-0.2, -0.15) is 0 Å². The molecule has 0 radical (unpaired) electrons. The van der Waals surface area contributed by atoms with Crippen LogP contribution in [0.1, 0.15) is 25.7 Å². The second-order valence-corrected chi connectivity index (χ2v) is 3.92. The van der Waals surface area contributed by atoms with Gasteiger partial charge in [0.15, 0.2) is 0 Å². The van der Waals surface area contributed by atoms with Crippen molar-refractivity contribution in [2.75, 3.05) is 5.32 Å². The molecule has 2 nitrogen and oxygen atoms in total. The van der Waals surface area contributed by atoms with Gasteiger partial charge in [0.2, 0.25) is 0 Å². The summed E-state index contributed by atoms with van der Waals surface area (Å²) in [6.45, 7) is 0. The Balaban J connectivity index is 1.97. The molecule has 1 N–H and O–H groups in total. The molecule has 13 heavy (non-hydrogen) atoms. The highest BCUT2D eigenvalue weighted by atomic mass is 35.5. The average Bonchev–Trinajstić information content (AvgIpc) is 2.62. The minimum atomic E-state index is 0.619. The van der Waals surface area contributed by atoms with Crippen molar-refractivity contribution in [3.8, 4) is 0 Å². The summed E-state index contributed by atoms with van der Waals surface area (Å²) < 4.78 is 0. The largest absolute Gasteiger partial charge is 0.367 e. The van der Waals surface area contributed by atoms with Crippen molar-refractivity contribution in [1.82, 2.24) is 4.98 Å². The molecular formula is C10H13ClN2. The lowest BCUT2D eigenvalue weighted by atomic mass is 10.2. The van der Waals surface area contributed by atoms with E-state index in [-0.39, 0.29) is 0 Å². The monoisotopic (exact) mass is 196 g/mol. The Morgan fingerprint density at radius 1 is 1.31 bits per heavy atom. The van der Waals surface area contributed by atoms with E-state index in [2.05, 4.69) is 10.3 Å². The lowest BCUT2D eigenvalue weighted by Gasteiger charge is -2.11. The predicted octanol–water partition coefficient (Wildman–Crippen LogP) is 3.09. The van der Waals surface area contributed by atoms with Crippen LogP contribution in [0.4, 0.5) is 5.82 Å². The van der Waals surface area contributed by atoms with Gasteiger partial charge in [0.1, 0.15) is 5.82 Å². The van der Waals surface area contributed by atoms with Crippen molar-refractivity contribution in [2.24, 2.45) is 0 Å². The van der Waals surface area contributed by atoms with Gasteiger partial charge in [-0.3, -0.25) is 0 Å². The number of anilines is 1. The Morgan fingerprint density at radius 2 is 2.08 bits per heavy atom. The van der Waals surface area contributed by atoms with Crippen LogP contribution in [0.2, 0.25) is 5.02 Å². The van der Waals surface area contributed by atoms with Crippen molar-refractivity contribution in [1.29, 1.82) is 0 Å². The third-order valence-electron chi connectivity index (χ3n) is 2.43. The van der Waals surface area contributed by atoms with Gasteiger partial charge < -0.3 is 5.32 Å². The number of nitrogens with zero attached hydrogens (tertiary/aromatic N) is 1. The third kappa shape index (κ3) is 2.34. The number of hydrogen-bond acceptors (Lipinski definition) is 2. The molecule has 1 heterocycles. The SMILES string of the molecule is Clc1ccc(NC2CCCC2)nc1. The maximum absolute atomic E-state index is 5.74. The van der Waals surface area contributed by atoms with E-state index in [9.17, 15) is 0 Å². The van der Waals surface area contributed by atoms with Gasteiger partial charge in [-0.15, -0.1) is 0 Å². The van der Waals surface area contributed by atoms with Crippen LogP contribution < -0.4 is 5.32 Å². The van der Waals surface area contributed by atoms with E-state index in [0.29, 0.717) is 11.1 Å². The summed E-state index contributed by atoms with van der Waals surface area (Å²) in [5.41, 5.74) is 0. The Morgan fingerprint density at radius 3 is 2.69 bits per heavy atom. The number of pyridine rings is 1. The summed E-state index contributed by atoms with van der Waals surface area (Å²) in [5.74, 6) is 0.941. The smallest absolute Gasteiger partial charge is 0.126 e. The van der Waals surface area contributed by atoms with E-state index in [4.69, 9.17) is 11.6 Å². The number of hydrogen-bond donors (Lipinski definition) is 1. The normalized spacial score (nSPS) is 17.6. The summed E-state index contributed by atoms with van der Waals surface area (Å²) in [4.78, 5) is 4.20. The van der Waals surface area contributed by atoms with Crippen LogP contribution in [0.15, 0.2) is 18.3 Å². The molecule has 0 aliphatic heterocycles. The standard InChI is InChI=1S/C10H13ClN2/c11-8-5-6-10(12-7-8)13-9-3-1-2-4-9/h5-7,9H,1-4H2,(H,12,13). The first-order chi connectivity index (χ1) is 6.34. The van der Waals surface area contributed by atoms with Crippen molar-refractivity contribution in [2.45, 2.75) is 31.7 Å². The van der Waals surface area contributed by atoms with Gasteiger partial charge in [0.05, 0.1) is 5.02 Å². The molecule has 0 atom stereocenters. The lowest BCUT2D eigenvalue weighted by molar-refractivity contribution is 0.750. The van der Waals surface area contributed by atoms with Gasteiger partial charge in [-0.05, 0) is 25.0 Å². The topological polar surface area (TPSA) is 24.9 Å². The maximum atomic E-state index is 5.74. The first kappa shape index (κ1) is 8.82. The van der Waals surface area contributed by atoms with Crippen LogP contribution in [0.5, 0.6) is 0 Å².